The van der Waals surface area contributed by atoms with E-state index < -0.39 is 0 Å². The summed E-state index contributed by atoms with van der Waals surface area (Å²) >= 11 is 0. The Kier molecular flexibility index (Phi) is 3.62. The number of benzene rings is 1. The van der Waals surface area contributed by atoms with E-state index >= 15 is 0 Å². The molecule has 0 bridgehead atoms. The summed E-state index contributed by atoms with van der Waals surface area (Å²) in [7, 11) is 0. The van der Waals surface area contributed by atoms with Crippen molar-refractivity contribution in [2.75, 3.05) is 11.9 Å². The van der Waals surface area contributed by atoms with Gasteiger partial charge in [0.25, 0.3) is 0 Å². The predicted molar refractivity (Wildman–Crippen MR) is 64.9 cm³/mol. The van der Waals surface area contributed by atoms with Gasteiger partial charge in [0.15, 0.2) is 0 Å². The minimum Gasteiger partial charge on any atom is -0.385 e. The van der Waals surface area contributed by atoms with Gasteiger partial charge in [-0.3, -0.25) is 0 Å². The van der Waals surface area contributed by atoms with Crippen molar-refractivity contribution in [3.8, 4) is 0 Å². The van der Waals surface area contributed by atoms with Crippen molar-refractivity contribution in [1.82, 2.24) is 0 Å². The molecule has 0 atom stereocenters. The zero-order chi connectivity index (χ0) is 10.5. The minimum absolute atomic E-state index is 0.456. The van der Waals surface area contributed by atoms with E-state index in [0.717, 1.165) is 12.5 Å². The predicted octanol–water partition coefficient (Wildman–Crippen LogP) is 2.62. The highest BCUT2D eigenvalue weighted by Crippen LogP contribution is 2.23. The highest BCUT2D eigenvalue weighted by Gasteiger charge is 2.17. The van der Waals surface area contributed by atoms with Crippen molar-refractivity contribution in [1.29, 1.82) is 0 Å². The van der Waals surface area contributed by atoms with Crippen LogP contribution in [-0.2, 0) is 0 Å². The normalized spacial score (nSPS) is 26.2. The maximum absolute atomic E-state index is 5.88. The van der Waals surface area contributed by atoms with Crippen LogP contribution in [0.15, 0.2) is 30.3 Å². The third-order valence-electron chi connectivity index (χ3n) is 3.26. The number of anilines is 1. The van der Waals surface area contributed by atoms with Gasteiger partial charge in [-0.15, -0.1) is 0 Å². The molecular weight excluding hydrogens is 184 g/mol. The van der Waals surface area contributed by atoms with Crippen LogP contribution in [0.4, 0.5) is 5.69 Å². The van der Waals surface area contributed by atoms with Crippen LogP contribution in [0.25, 0.3) is 0 Å². The van der Waals surface area contributed by atoms with E-state index in [4.69, 9.17) is 5.73 Å². The molecule has 0 saturated heterocycles. The Labute approximate surface area is 91.9 Å². The molecule has 3 N–H and O–H groups in total. The van der Waals surface area contributed by atoms with Gasteiger partial charge in [-0.1, -0.05) is 18.2 Å². The Hall–Kier alpha value is -1.02. The highest BCUT2D eigenvalue weighted by atomic mass is 14.9. The Balaban J connectivity index is 1.74. The highest BCUT2D eigenvalue weighted by molar-refractivity contribution is 5.42. The third-order valence-corrected chi connectivity index (χ3v) is 3.26. The summed E-state index contributed by atoms with van der Waals surface area (Å²) in [5.74, 6) is 0.810. The second-order valence-electron chi connectivity index (χ2n) is 4.53. The van der Waals surface area contributed by atoms with E-state index in [1.54, 1.807) is 0 Å². The zero-order valence-corrected chi connectivity index (χ0v) is 9.15. The van der Waals surface area contributed by atoms with Crippen LogP contribution < -0.4 is 11.1 Å². The van der Waals surface area contributed by atoms with Gasteiger partial charge in [-0.2, -0.15) is 0 Å². The molecule has 0 heterocycles. The Morgan fingerprint density at radius 1 is 1.07 bits per heavy atom. The van der Waals surface area contributed by atoms with Gasteiger partial charge in [0.1, 0.15) is 0 Å². The topological polar surface area (TPSA) is 38.0 Å². The third kappa shape index (κ3) is 3.24. The number of hydrogen-bond acceptors (Lipinski definition) is 2. The summed E-state index contributed by atoms with van der Waals surface area (Å²) in [5, 5.41) is 3.49. The summed E-state index contributed by atoms with van der Waals surface area (Å²) in [5.41, 5.74) is 7.11. The van der Waals surface area contributed by atoms with E-state index in [1.165, 1.54) is 31.4 Å². The smallest absolute Gasteiger partial charge is 0.0340 e. The Morgan fingerprint density at radius 2 is 1.73 bits per heavy atom. The molecule has 1 aliphatic rings. The standard InChI is InChI=1S/C13H20N2/c14-12-8-6-11(7-9-12)10-15-13-4-2-1-3-5-13/h1-5,11-12,15H,6-10,14H2. The molecule has 1 saturated carbocycles. The first kappa shape index (κ1) is 10.5. The average molecular weight is 204 g/mol. The van der Waals surface area contributed by atoms with Crippen LogP contribution in [0.3, 0.4) is 0 Å². The van der Waals surface area contributed by atoms with Gasteiger partial charge in [-0.25, -0.2) is 0 Å². The van der Waals surface area contributed by atoms with Crippen molar-refractivity contribution in [3.63, 3.8) is 0 Å². The minimum atomic E-state index is 0.456. The molecule has 15 heavy (non-hydrogen) atoms. The first-order chi connectivity index (χ1) is 7.34. The van der Waals surface area contributed by atoms with Crippen LogP contribution in [0.1, 0.15) is 25.7 Å². The molecular formula is C13H20N2. The van der Waals surface area contributed by atoms with Crippen LogP contribution in [0.2, 0.25) is 0 Å². The van der Waals surface area contributed by atoms with Crippen molar-refractivity contribution >= 4 is 5.69 Å². The monoisotopic (exact) mass is 204 g/mol. The van der Waals surface area contributed by atoms with Crippen LogP contribution in [0.5, 0.6) is 0 Å². The fraction of sp³-hybridized carbons (Fsp3) is 0.538. The second kappa shape index (κ2) is 5.17. The number of hydrogen-bond donors (Lipinski definition) is 2. The SMILES string of the molecule is NC1CCC(CNc2ccccc2)CC1. The Bertz CT molecular complexity index is 276. The van der Waals surface area contributed by atoms with Gasteiger partial charge in [0.2, 0.25) is 0 Å². The average Bonchev–Trinajstić information content (AvgIpc) is 2.30. The molecule has 0 radical (unpaired) electrons. The summed E-state index contributed by atoms with van der Waals surface area (Å²) in [6, 6.07) is 10.9. The lowest BCUT2D eigenvalue weighted by atomic mass is 9.86. The van der Waals surface area contributed by atoms with Crippen molar-refractivity contribution < 1.29 is 0 Å². The quantitative estimate of drug-likeness (QED) is 0.794. The number of para-hydroxylation sites is 1. The van der Waals surface area contributed by atoms with E-state index in [0.29, 0.717) is 6.04 Å². The lowest BCUT2D eigenvalue weighted by Crippen LogP contribution is -2.29. The van der Waals surface area contributed by atoms with E-state index in [9.17, 15) is 0 Å². The van der Waals surface area contributed by atoms with Gasteiger partial charge < -0.3 is 11.1 Å². The van der Waals surface area contributed by atoms with Crippen LogP contribution in [-0.4, -0.2) is 12.6 Å². The maximum Gasteiger partial charge on any atom is 0.0340 e. The van der Waals surface area contributed by atoms with Gasteiger partial charge in [0.05, 0.1) is 0 Å². The van der Waals surface area contributed by atoms with Crippen LogP contribution >= 0.6 is 0 Å². The van der Waals surface area contributed by atoms with E-state index in [2.05, 4.69) is 29.6 Å². The first-order valence-corrected chi connectivity index (χ1v) is 5.89. The van der Waals surface area contributed by atoms with Crippen molar-refractivity contribution in [2.45, 2.75) is 31.7 Å². The van der Waals surface area contributed by atoms with Gasteiger partial charge >= 0.3 is 0 Å². The molecule has 2 nitrogen and oxygen atoms in total. The molecule has 2 rings (SSSR count). The molecule has 2 heteroatoms. The summed E-state index contributed by atoms with van der Waals surface area (Å²) in [6.45, 7) is 1.09. The summed E-state index contributed by atoms with van der Waals surface area (Å²) < 4.78 is 0. The number of nitrogens with one attached hydrogen (secondary N) is 1. The molecule has 1 aliphatic carbocycles. The van der Waals surface area contributed by atoms with Crippen molar-refractivity contribution in [3.05, 3.63) is 30.3 Å². The molecule has 0 aromatic heterocycles. The second-order valence-corrected chi connectivity index (χ2v) is 4.53. The fourth-order valence-corrected chi connectivity index (χ4v) is 2.21. The summed E-state index contributed by atoms with van der Waals surface area (Å²) in [4.78, 5) is 0. The zero-order valence-electron chi connectivity index (χ0n) is 9.15. The van der Waals surface area contributed by atoms with Gasteiger partial charge in [0, 0.05) is 18.3 Å². The fourth-order valence-electron chi connectivity index (χ4n) is 2.21. The van der Waals surface area contributed by atoms with E-state index in [-0.39, 0.29) is 0 Å². The molecule has 0 spiro atoms. The maximum atomic E-state index is 5.88. The molecule has 0 amide bonds. The lowest BCUT2D eigenvalue weighted by Gasteiger charge is -2.26. The summed E-state index contributed by atoms with van der Waals surface area (Å²) in [6.07, 6.45) is 4.95. The molecule has 82 valence electrons. The first-order valence-electron chi connectivity index (χ1n) is 5.89. The largest absolute Gasteiger partial charge is 0.385 e. The molecule has 0 unspecified atom stereocenters. The van der Waals surface area contributed by atoms with Gasteiger partial charge in [-0.05, 0) is 43.7 Å². The molecule has 0 aliphatic heterocycles. The lowest BCUT2D eigenvalue weighted by molar-refractivity contribution is 0.339. The molecule has 1 fully saturated rings. The van der Waals surface area contributed by atoms with Crippen LogP contribution in [0, 0.1) is 5.92 Å². The molecule has 1 aromatic rings. The number of rotatable bonds is 3. The Morgan fingerprint density at radius 3 is 2.40 bits per heavy atom. The molecule has 1 aromatic carbocycles. The number of nitrogens with two attached hydrogens (primary N) is 1. The van der Waals surface area contributed by atoms with Crippen molar-refractivity contribution in [2.24, 2.45) is 11.7 Å². The van der Waals surface area contributed by atoms with E-state index in [1.807, 2.05) is 6.07 Å².